The fourth-order valence-corrected chi connectivity index (χ4v) is 2.71. The number of hydrogen-bond acceptors (Lipinski definition) is 3. The van der Waals surface area contributed by atoms with Crippen molar-refractivity contribution in [1.82, 2.24) is 9.97 Å². The summed E-state index contributed by atoms with van der Waals surface area (Å²) < 4.78 is 11.2. The highest BCUT2D eigenvalue weighted by Gasteiger charge is 2.15. The maximum Gasteiger partial charge on any atom is 0.163 e. The fraction of sp³-hybridized carbons (Fsp3) is 0.188. The number of aromatic nitrogens is 2. The Kier molecular flexibility index (Phi) is 2.97. The van der Waals surface area contributed by atoms with Crippen molar-refractivity contribution in [3.05, 3.63) is 52.8 Å². The van der Waals surface area contributed by atoms with Gasteiger partial charge in [0.25, 0.3) is 0 Å². The Morgan fingerprint density at radius 3 is 2.67 bits per heavy atom. The van der Waals surface area contributed by atoms with Gasteiger partial charge in [0.2, 0.25) is 0 Å². The lowest BCUT2D eigenvalue weighted by atomic mass is 10.1. The SMILES string of the molecule is Clc1ccccc1Cc1nc2cc3c(cc2[nH]1)OCCO3. The molecule has 4 rings (SSSR count). The first kappa shape index (κ1) is 12.5. The van der Waals surface area contributed by atoms with Crippen LogP contribution in [0.5, 0.6) is 11.5 Å². The highest BCUT2D eigenvalue weighted by atomic mass is 35.5. The summed E-state index contributed by atoms with van der Waals surface area (Å²) in [6.07, 6.45) is 0.667. The van der Waals surface area contributed by atoms with Crippen LogP contribution < -0.4 is 9.47 Å². The largest absolute Gasteiger partial charge is 0.486 e. The van der Waals surface area contributed by atoms with Crippen LogP contribution in [0.4, 0.5) is 0 Å². The maximum absolute atomic E-state index is 6.19. The van der Waals surface area contributed by atoms with Gasteiger partial charge in [0.05, 0.1) is 11.0 Å². The van der Waals surface area contributed by atoms with E-state index in [1.54, 1.807) is 0 Å². The standard InChI is InChI=1S/C16H13ClN2O2/c17-11-4-2-1-3-10(11)7-16-18-12-8-14-15(9-13(12)19-16)21-6-5-20-14/h1-4,8-9H,5-7H2,(H,18,19). The smallest absolute Gasteiger partial charge is 0.163 e. The van der Waals surface area contributed by atoms with Crippen molar-refractivity contribution in [2.45, 2.75) is 6.42 Å². The first-order valence-corrected chi connectivity index (χ1v) is 7.19. The molecule has 2 heterocycles. The molecule has 0 fully saturated rings. The molecule has 0 radical (unpaired) electrons. The third kappa shape index (κ3) is 2.32. The van der Waals surface area contributed by atoms with Crippen molar-refractivity contribution in [1.29, 1.82) is 0 Å². The van der Waals surface area contributed by atoms with E-state index in [4.69, 9.17) is 21.1 Å². The Morgan fingerprint density at radius 2 is 1.86 bits per heavy atom. The van der Waals surface area contributed by atoms with Crippen LogP contribution in [-0.4, -0.2) is 23.2 Å². The van der Waals surface area contributed by atoms with Gasteiger partial charge in [-0.2, -0.15) is 0 Å². The van der Waals surface area contributed by atoms with E-state index < -0.39 is 0 Å². The minimum Gasteiger partial charge on any atom is -0.486 e. The number of aromatic amines is 1. The van der Waals surface area contributed by atoms with Gasteiger partial charge in [0.15, 0.2) is 11.5 Å². The molecule has 106 valence electrons. The summed E-state index contributed by atoms with van der Waals surface area (Å²) in [5.41, 5.74) is 2.87. The Balaban J connectivity index is 1.72. The van der Waals surface area contributed by atoms with Crippen molar-refractivity contribution in [3.8, 4) is 11.5 Å². The van der Waals surface area contributed by atoms with Crippen LogP contribution in [0.3, 0.4) is 0 Å². The number of imidazole rings is 1. The first-order chi connectivity index (χ1) is 10.3. The Labute approximate surface area is 126 Å². The molecule has 1 N–H and O–H groups in total. The molecule has 0 atom stereocenters. The van der Waals surface area contributed by atoms with Gasteiger partial charge in [-0.1, -0.05) is 29.8 Å². The lowest BCUT2D eigenvalue weighted by Crippen LogP contribution is -2.15. The predicted molar refractivity (Wildman–Crippen MR) is 81.3 cm³/mol. The van der Waals surface area contributed by atoms with E-state index in [0.717, 1.165) is 38.9 Å². The van der Waals surface area contributed by atoms with Gasteiger partial charge in [-0.3, -0.25) is 0 Å². The highest BCUT2D eigenvalue weighted by Crippen LogP contribution is 2.33. The molecule has 0 spiro atoms. The van der Waals surface area contributed by atoms with Crippen molar-refractivity contribution in [2.75, 3.05) is 13.2 Å². The van der Waals surface area contributed by atoms with E-state index in [-0.39, 0.29) is 0 Å². The zero-order chi connectivity index (χ0) is 14.2. The number of nitrogens with zero attached hydrogens (tertiary/aromatic N) is 1. The van der Waals surface area contributed by atoms with Crippen molar-refractivity contribution < 1.29 is 9.47 Å². The summed E-state index contributed by atoms with van der Waals surface area (Å²) >= 11 is 6.19. The third-order valence-electron chi connectivity index (χ3n) is 3.51. The van der Waals surface area contributed by atoms with Crippen LogP contribution in [0, 0.1) is 0 Å². The van der Waals surface area contributed by atoms with Crippen LogP contribution in [-0.2, 0) is 6.42 Å². The van der Waals surface area contributed by atoms with E-state index >= 15 is 0 Å². The first-order valence-electron chi connectivity index (χ1n) is 6.81. The quantitative estimate of drug-likeness (QED) is 0.787. The summed E-state index contributed by atoms with van der Waals surface area (Å²) in [6.45, 7) is 1.16. The molecular formula is C16H13ClN2O2. The number of halogens is 1. The minimum atomic E-state index is 0.579. The van der Waals surface area contributed by atoms with E-state index in [0.29, 0.717) is 19.6 Å². The fourth-order valence-electron chi connectivity index (χ4n) is 2.51. The molecule has 0 saturated carbocycles. The highest BCUT2D eigenvalue weighted by molar-refractivity contribution is 6.31. The van der Waals surface area contributed by atoms with Crippen LogP contribution in [0.1, 0.15) is 11.4 Å². The molecule has 1 aliphatic heterocycles. The summed E-state index contributed by atoms with van der Waals surface area (Å²) in [7, 11) is 0. The molecule has 0 amide bonds. The molecule has 0 unspecified atom stereocenters. The molecule has 1 aliphatic rings. The molecule has 0 bridgehead atoms. The Bertz CT molecular complexity index is 770. The zero-order valence-electron chi connectivity index (χ0n) is 11.2. The molecule has 4 nitrogen and oxygen atoms in total. The second kappa shape index (κ2) is 4.97. The predicted octanol–water partition coefficient (Wildman–Crippen LogP) is 3.58. The van der Waals surface area contributed by atoms with Crippen molar-refractivity contribution >= 4 is 22.6 Å². The van der Waals surface area contributed by atoms with Gasteiger partial charge in [0, 0.05) is 23.6 Å². The van der Waals surface area contributed by atoms with E-state index in [1.165, 1.54) is 0 Å². The molecule has 1 aromatic heterocycles. The number of fused-ring (bicyclic) bond motifs is 2. The van der Waals surface area contributed by atoms with Crippen LogP contribution >= 0.6 is 11.6 Å². The molecule has 21 heavy (non-hydrogen) atoms. The van der Waals surface area contributed by atoms with Crippen LogP contribution in [0.25, 0.3) is 11.0 Å². The summed E-state index contributed by atoms with van der Waals surface area (Å²) in [4.78, 5) is 7.92. The van der Waals surface area contributed by atoms with Gasteiger partial charge >= 0.3 is 0 Å². The third-order valence-corrected chi connectivity index (χ3v) is 3.88. The van der Waals surface area contributed by atoms with Crippen LogP contribution in [0.2, 0.25) is 5.02 Å². The number of hydrogen-bond donors (Lipinski definition) is 1. The van der Waals surface area contributed by atoms with Gasteiger partial charge in [0.1, 0.15) is 19.0 Å². The molecule has 0 aliphatic carbocycles. The van der Waals surface area contributed by atoms with Gasteiger partial charge in [-0.25, -0.2) is 4.98 Å². The monoisotopic (exact) mass is 300 g/mol. The summed E-state index contributed by atoms with van der Waals surface area (Å²) in [6, 6.07) is 11.6. The lowest BCUT2D eigenvalue weighted by Gasteiger charge is -2.17. The topological polar surface area (TPSA) is 47.1 Å². The van der Waals surface area contributed by atoms with Crippen molar-refractivity contribution in [3.63, 3.8) is 0 Å². The van der Waals surface area contributed by atoms with E-state index in [1.807, 2.05) is 36.4 Å². The molecule has 5 heteroatoms. The van der Waals surface area contributed by atoms with Gasteiger partial charge in [-0.05, 0) is 11.6 Å². The number of H-pyrrole nitrogens is 1. The van der Waals surface area contributed by atoms with E-state index in [9.17, 15) is 0 Å². The number of ether oxygens (including phenoxy) is 2. The average Bonchev–Trinajstić information content (AvgIpc) is 2.88. The molecule has 3 aromatic rings. The average molecular weight is 301 g/mol. The lowest BCUT2D eigenvalue weighted by molar-refractivity contribution is 0.172. The number of benzene rings is 2. The molecular weight excluding hydrogens is 288 g/mol. The summed E-state index contributed by atoms with van der Waals surface area (Å²) in [5, 5.41) is 0.754. The molecule has 2 aromatic carbocycles. The zero-order valence-corrected chi connectivity index (χ0v) is 12.0. The van der Waals surface area contributed by atoms with Crippen LogP contribution in [0.15, 0.2) is 36.4 Å². The number of nitrogens with one attached hydrogen (secondary N) is 1. The second-order valence-electron chi connectivity index (χ2n) is 4.96. The van der Waals surface area contributed by atoms with Gasteiger partial charge in [-0.15, -0.1) is 0 Å². The summed E-state index contributed by atoms with van der Waals surface area (Å²) in [5.74, 6) is 2.40. The van der Waals surface area contributed by atoms with E-state index in [2.05, 4.69) is 9.97 Å². The Hall–Kier alpha value is -2.20. The minimum absolute atomic E-state index is 0.579. The van der Waals surface area contributed by atoms with Crippen molar-refractivity contribution in [2.24, 2.45) is 0 Å². The van der Waals surface area contributed by atoms with Gasteiger partial charge < -0.3 is 14.5 Å². The Morgan fingerprint density at radius 1 is 1.10 bits per heavy atom. The second-order valence-corrected chi connectivity index (χ2v) is 5.37. The number of rotatable bonds is 2. The normalized spacial score (nSPS) is 13.6. The maximum atomic E-state index is 6.19. The molecule has 0 saturated heterocycles.